The lowest BCUT2D eigenvalue weighted by molar-refractivity contribution is -0.136. The molecule has 0 aliphatic heterocycles. The summed E-state index contributed by atoms with van der Waals surface area (Å²) >= 11 is 0.942. The lowest BCUT2D eigenvalue weighted by Crippen LogP contribution is -2.11. The van der Waals surface area contributed by atoms with Gasteiger partial charge in [0.1, 0.15) is 4.21 Å². The summed E-state index contributed by atoms with van der Waals surface area (Å²) in [7, 11) is -2.02. The number of carboxylic acid groups (broad SMARTS) is 1. The second kappa shape index (κ2) is 5.25. The van der Waals surface area contributed by atoms with E-state index in [4.69, 9.17) is 5.11 Å². The Morgan fingerprint density at radius 3 is 2.75 bits per heavy atom. The zero-order valence-corrected chi connectivity index (χ0v) is 12.5. The van der Waals surface area contributed by atoms with Crippen LogP contribution in [0.15, 0.2) is 22.5 Å². The van der Waals surface area contributed by atoms with Crippen LogP contribution in [0.4, 0.5) is 5.69 Å². The molecule has 0 spiro atoms. The topological polar surface area (TPSA) is 101 Å². The first-order chi connectivity index (χ1) is 9.28. The second-order valence-electron chi connectivity index (χ2n) is 4.20. The Kier molecular flexibility index (Phi) is 3.82. The molecule has 0 saturated heterocycles. The number of nitrogens with one attached hydrogen (secondary N) is 1. The van der Waals surface area contributed by atoms with Gasteiger partial charge in [-0.15, -0.1) is 11.3 Å². The van der Waals surface area contributed by atoms with Crippen molar-refractivity contribution in [1.29, 1.82) is 0 Å². The van der Waals surface area contributed by atoms with Gasteiger partial charge in [0.25, 0.3) is 10.0 Å². The largest absolute Gasteiger partial charge is 0.481 e. The van der Waals surface area contributed by atoms with E-state index < -0.39 is 16.0 Å². The van der Waals surface area contributed by atoms with Crippen molar-refractivity contribution in [2.75, 3.05) is 4.72 Å². The van der Waals surface area contributed by atoms with Crippen molar-refractivity contribution in [3.05, 3.63) is 28.9 Å². The number of rotatable bonds is 5. The number of carbonyl (C=O) groups is 1. The molecule has 0 aliphatic carbocycles. The summed E-state index contributed by atoms with van der Waals surface area (Å²) in [4.78, 5) is 11.1. The molecule has 0 unspecified atom stereocenters. The lowest BCUT2D eigenvalue weighted by atomic mass is 10.3. The van der Waals surface area contributed by atoms with Crippen molar-refractivity contribution in [3.8, 4) is 0 Å². The maximum Gasteiger partial charge on any atom is 0.308 e. The average molecular weight is 315 g/mol. The zero-order chi connectivity index (χ0) is 14.9. The van der Waals surface area contributed by atoms with Crippen LogP contribution in [-0.4, -0.2) is 29.3 Å². The van der Waals surface area contributed by atoms with Crippen molar-refractivity contribution in [3.63, 3.8) is 0 Å². The number of thiophene rings is 1. The molecule has 20 heavy (non-hydrogen) atoms. The predicted octanol–water partition coefficient (Wildman–Crippen LogP) is 1.22. The molecule has 0 aromatic carbocycles. The van der Waals surface area contributed by atoms with Gasteiger partial charge in [0.05, 0.1) is 17.8 Å². The van der Waals surface area contributed by atoms with Gasteiger partial charge < -0.3 is 5.11 Å². The fraction of sp³-hybridized carbons (Fsp3) is 0.273. The number of aliphatic carboxylic acids is 1. The fourth-order valence-electron chi connectivity index (χ4n) is 1.64. The highest BCUT2D eigenvalue weighted by Gasteiger charge is 2.19. The molecular weight excluding hydrogens is 302 g/mol. The van der Waals surface area contributed by atoms with E-state index in [0.717, 1.165) is 11.3 Å². The number of carboxylic acids is 1. The third-order valence-electron chi connectivity index (χ3n) is 2.49. The molecule has 2 heterocycles. The first kappa shape index (κ1) is 14.5. The van der Waals surface area contributed by atoms with Crippen LogP contribution >= 0.6 is 11.3 Å². The Hall–Kier alpha value is -1.87. The van der Waals surface area contributed by atoms with Crippen LogP contribution in [-0.2, 0) is 28.3 Å². The molecule has 0 aliphatic rings. The maximum atomic E-state index is 12.2. The Morgan fingerprint density at radius 1 is 1.50 bits per heavy atom. The molecule has 9 heteroatoms. The van der Waals surface area contributed by atoms with E-state index in [0.29, 0.717) is 16.3 Å². The zero-order valence-electron chi connectivity index (χ0n) is 10.8. The molecule has 0 amide bonds. The van der Waals surface area contributed by atoms with Gasteiger partial charge in [0.15, 0.2) is 0 Å². The highest BCUT2D eigenvalue weighted by atomic mass is 32.2. The standard InChI is InChI=1S/C11H13N3O4S2/c1-7-9(6-14(2)12-7)13-20(17,18)11-4-3-8(19-11)5-10(15)16/h3-4,6,13H,5H2,1-2H3,(H,15,16). The van der Waals surface area contributed by atoms with Crippen molar-refractivity contribution in [2.45, 2.75) is 17.6 Å². The predicted molar refractivity (Wildman–Crippen MR) is 74.4 cm³/mol. The highest BCUT2D eigenvalue weighted by molar-refractivity contribution is 7.94. The van der Waals surface area contributed by atoms with Gasteiger partial charge in [-0.1, -0.05) is 0 Å². The van der Waals surface area contributed by atoms with Gasteiger partial charge in [0.2, 0.25) is 0 Å². The summed E-state index contributed by atoms with van der Waals surface area (Å²) < 4.78 is 28.4. The minimum absolute atomic E-state index is 0.0806. The quantitative estimate of drug-likeness (QED) is 0.864. The number of hydrogen-bond acceptors (Lipinski definition) is 5. The number of aromatic nitrogens is 2. The highest BCUT2D eigenvalue weighted by Crippen LogP contribution is 2.25. The molecule has 0 fully saturated rings. The van der Waals surface area contributed by atoms with Gasteiger partial charge in [-0.25, -0.2) is 8.42 Å². The lowest BCUT2D eigenvalue weighted by Gasteiger charge is -2.03. The van der Waals surface area contributed by atoms with Crippen LogP contribution in [0.25, 0.3) is 0 Å². The molecule has 0 saturated carbocycles. The minimum atomic E-state index is -3.72. The third kappa shape index (κ3) is 3.17. The summed E-state index contributed by atoms with van der Waals surface area (Å²) in [5.41, 5.74) is 0.971. The maximum absolute atomic E-state index is 12.2. The minimum Gasteiger partial charge on any atom is -0.481 e. The Labute approximate surface area is 119 Å². The summed E-state index contributed by atoms with van der Waals surface area (Å²) in [6, 6.07) is 2.90. The Bertz CT molecular complexity index is 746. The normalized spacial score (nSPS) is 11.5. The number of sulfonamides is 1. The molecule has 0 radical (unpaired) electrons. The SMILES string of the molecule is Cc1nn(C)cc1NS(=O)(=O)c1ccc(CC(=O)O)s1. The molecule has 2 aromatic rings. The molecule has 7 nitrogen and oxygen atoms in total. The van der Waals surface area contributed by atoms with Gasteiger partial charge in [-0.05, 0) is 19.1 Å². The van der Waals surface area contributed by atoms with E-state index >= 15 is 0 Å². The monoisotopic (exact) mass is 315 g/mol. The Balaban J connectivity index is 2.24. The average Bonchev–Trinajstić information content (AvgIpc) is 2.86. The summed E-state index contributed by atoms with van der Waals surface area (Å²) in [6.07, 6.45) is 1.38. The van der Waals surface area contributed by atoms with E-state index in [2.05, 4.69) is 9.82 Å². The number of anilines is 1. The van der Waals surface area contributed by atoms with Crippen molar-refractivity contribution in [1.82, 2.24) is 9.78 Å². The number of hydrogen-bond donors (Lipinski definition) is 2. The van der Waals surface area contributed by atoms with E-state index in [-0.39, 0.29) is 10.6 Å². The molecule has 2 N–H and O–H groups in total. The molecular formula is C11H13N3O4S2. The summed E-state index contributed by atoms with van der Waals surface area (Å²) in [5, 5.41) is 12.7. The summed E-state index contributed by atoms with van der Waals surface area (Å²) in [5.74, 6) is -0.994. The smallest absolute Gasteiger partial charge is 0.308 e. The van der Waals surface area contributed by atoms with E-state index in [1.165, 1.54) is 16.8 Å². The molecule has 0 atom stereocenters. The summed E-state index contributed by atoms with van der Waals surface area (Å²) in [6.45, 7) is 1.70. The van der Waals surface area contributed by atoms with Gasteiger partial charge in [-0.3, -0.25) is 14.2 Å². The van der Waals surface area contributed by atoms with Crippen LogP contribution in [0.3, 0.4) is 0 Å². The van der Waals surface area contributed by atoms with Crippen LogP contribution in [0.2, 0.25) is 0 Å². The van der Waals surface area contributed by atoms with Crippen LogP contribution < -0.4 is 4.72 Å². The second-order valence-corrected chi connectivity index (χ2v) is 7.28. The molecule has 2 aromatic heterocycles. The van der Waals surface area contributed by atoms with Crippen LogP contribution in [0.1, 0.15) is 10.6 Å². The van der Waals surface area contributed by atoms with Crippen molar-refractivity contribution < 1.29 is 18.3 Å². The number of nitrogens with zero attached hydrogens (tertiary/aromatic N) is 2. The van der Waals surface area contributed by atoms with Crippen LogP contribution in [0.5, 0.6) is 0 Å². The first-order valence-corrected chi connectivity index (χ1v) is 7.91. The Morgan fingerprint density at radius 2 is 2.20 bits per heavy atom. The van der Waals surface area contributed by atoms with Crippen molar-refractivity contribution >= 4 is 33.0 Å². The third-order valence-corrected chi connectivity index (χ3v) is 5.43. The first-order valence-electron chi connectivity index (χ1n) is 5.61. The number of aryl methyl sites for hydroxylation is 2. The van der Waals surface area contributed by atoms with Crippen molar-refractivity contribution in [2.24, 2.45) is 7.05 Å². The molecule has 0 bridgehead atoms. The van der Waals surface area contributed by atoms with E-state index in [1.54, 1.807) is 20.2 Å². The van der Waals surface area contributed by atoms with Gasteiger partial charge >= 0.3 is 5.97 Å². The van der Waals surface area contributed by atoms with E-state index in [9.17, 15) is 13.2 Å². The van der Waals surface area contributed by atoms with Gasteiger partial charge in [-0.2, -0.15) is 5.10 Å². The van der Waals surface area contributed by atoms with E-state index in [1.807, 2.05) is 0 Å². The molecule has 108 valence electrons. The van der Waals surface area contributed by atoms with Crippen LogP contribution in [0, 0.1) is 6.92 Å². The fourth-order valence-corrected chi connectivity index (χ4v) is 4.09. The van der Waals surface area contributed by atoms with Gasteiger partial charge in [0, 0.05) is 18.1 Å². The molecule has 2 rings (SSSR count).